The summed E-state index contributed by atoms with van der Waals surface area (Å²) in [6, 6.07) is 9.62. The topological polar surface area (TPSA) is 55.1 Å². The van der Waals surface area contributed by atoms with Crippen molar-refractivity contribution >= 4 is 34.4 Å². The summed E-state index contributed by atoms with van der Waals surface area (Å²) in [5, 5.41) is 3.06. The van der Waals surface area contributed by atoms with Crippen LogP contribution < -0.4 is 5.32 Å². The number of anilines is 1. The molecule has 0 saturated carbocycles. The molecule has 1 amide bonds. The van der Waals surface area contributed by atoms with Gasteiger partial charge in [-0.15, -0.1) is 0 Å². The number of rotatable bonds is 9. The average Bonchev–Trinajstić information content (AvgIpc) is 3.30. The Morgan fingerprint density at radius 3 is 2.78 bits per heavy atom. The molecule has 27 heavy (non-hydrogen) atoms. The second kappa shape index (κ2) is 9.10. The number of hydrogen-bond donors (Lipinski definition) is 1. The van der Waals surface area contributed by atoms with E-state index in [0.29, 0.717) is 0 Å². The minimum Gasteiger partial charge on any atom is -0.342 e. The number of likely N-dealkylation sites (N-methyl/N-ethyl adjacent to an activating group) is 1. The van der Waals surface area contributed by atoms with Crippen LogP contribution in [0.3, 0.4) is 0 Å². The Bertz CT molecular complexity index is 872. The first-order valence-electron chi connectivity index (χ1n) is 9.10. The molecule has 0 aliphatic carbocycles. The first-order valence-corrected chi connectivity index (χ1v) is 10.5. The van der Waals surface area contributed by atoms with E-state index in [2.05, 4.69) is 40.1 Å². The lowest BCUT2D eigenvalue weighted by Gasteiger charge is -2.18. The molecule has 0 radical (unpaired) electrons. The van der Waals surface area contributed by atoms with Crippen LogP contribution in [-0.4, -0.2) is 57.6 Å². The van der Waals surface area contributed by atoms with Crippen LogP contribution in [-0.2, 0) is 11.3 Å². The van der Waals surface area contributed by atoms with Crippen molar-refractivity contribution in [3.8, 4) is 0 Å². The first kappa shape index (κ1) is 19.5. The number of benzene rings is 1. The van der Waals surface area contributed by atoms with Crippen molar-refractivity contribution in [1.29, 1.82) is 0 Å². The fourth-order valence-corrected chi connectivity index (χ4v) is 3.51. The predicted molar refractivity (Wildman–Crippen MR) is 113 cm³/mol. The van der Waals surface area contributed by atoms with E-state index in [1.54, 1.807) is 11.8 Å². The third kappa shape index (κ3) is 4.93. The second-order valence-corrected chi connectivity index (χ2v) is 7.85. The Morgan fingerprint density at radius 2 is 2.07 bits per heavy atom. The molecule has 6 nitrogen and oxygen atoms in total. The van der Waals surface area contributed by atoms with Crippen LogP contribution in [0.15, 0.2) is 49.1 Å². The summed E-state index contributed by atoms with van der Waals surface area (Å²) in [5.74, 6) is 0.942. The van der Waals surface area contributed by atoms with E-state index in [1.165, 1.54) is 0 Å². The highest BCUT2D eigenvalue weighted by atomic mass is 32.2. The van der Waals surface area contributed by atoms with Crippen LogP contribution in [0.1, 0.15) is 12.5 Å². The molecule has 1 atom stereocenters. The molecule has 7 heteroatoms. The zero-order chi connectivity index (χ0) is 19.2. The normalized spacial score (nSPS) is 12.6. The highest BCUT2D eigenvalue weighted by molar-refractivity contribution is 7.98. The Balaban J connectivity index is 1.74. The van der Waals surface area contributed by atoms with Gasteiger partial charge in [-0.2, -0.15) is 11.8 Å². The van der Waals surface area contributed by atoms with Crippen molar-refractivity contribution in [3.63, 3.8) is 0 Å². The summed E-state index contributed by atoms with van der Waals surface area (Å²) in [6.07, 6.45) is 8.61. The summed E-state index contributed by atoms with van der Waals surface area (Å²) in [4.78, 5) is 19.5. The van der Waals surface area contributed by atoms with E-state index in [9.17, 15) is 4.79 Å². The Hall–Kier alpha value is -2.25. The van der Waals surface area contributed by atoms with Crippen LogP contribution in [0.25, 0.3) is 11.0 Å². The third-order valence-electron chi connectivity index (χ3n) is 4.56. The maximum absolute atomic E-state index is 12.9. The van der Waals surface area contributed by atoms with Crippen molar-refractivity contribution in [2.24, 2.45) is 0 Å². The number of fused-ring (bicyclic) bond motifs is 1. The number of aromatic nitrogens is 3. The number of carbonyl (C=O) groups is 1. The predicted octanol–water partition coefficient (Wildman–Crippen LogP) is 3.33. The third-order valence-corrected chi connectivity index (χ3v) is 5.21. The molecule has 0 spiro atoms. The van der Waals surface area contributed by atoms with Gasteiger partial charge in [-0.3, -0.25) is 4.79 Å². The van der Waals surface area contributed by atoms with Gasteiger partial charge in [0, 0.05) is 31.2 Å². The minimum absolute atomic E-state index is 0.00615. The molecule has 0 bridgehead atoms. The molecule has 0 aliphatic rings. The number of nitrogens with one attached hydrogen (secondary N) is 1. The SMILES string of the molecule is CSCC[C@H](C(=O)Nc1ccc2c(c1)ncn2CCN(C)C)n1cccc1. The maximum atomic E-state index is 12.9. The van der Waals surface area contributed by atoms with Gasteiger partial charge in [0.05, 0.1) is 17.4 Å². The molecule has 2 heterocycles. The van der Waals surface area contributed by atoms with Crippen LogP contribution in [0, 0.1) is 0 Å². The van der Waals surface area contributed by atoms with Crippen LogP contribution in [0.2, 0.25) is 0 Å². The number of hydrogen-bond acceptors (Lipinski definition) is 4. The number of thioether (sulfide) groups is 1. The molecule has 1 N–H and O–H groups in total. The van der Waals surface area contributed by atoms with Crippen molar-refractivity contribution in [1.82, 2.24) is 19.0 Å². The molecule has 3 aromatic rings. The zero-order valence-electron chi connectivity index (χ0n) is 16.1. The summed E-state index contributed by atoms with van der Waals surface area (Å²) in [5.41, 5.74) is 2.76. The summed E-state index contributed by atoms with van der Waals surface area (Å²) >= 11 is 1.75. The van der Waals surface area contributed by atoms with Gasteiger partial charge in [-0.1, -0.05) is 0 Å². The summed E-state index contributed by atoms with van der Waals surface area (Å²) in [6.45, 7) is 1.84. The molecule has 0 aliphatic heterocycles. The molecular weight excluding hydrogens is 358 g/mol. The quantitative estimate of drug-likeness (QED) is 0.614. The molecule has 0 saturated heterocycles. The lowest BCUT2D eigenvalue weighted by molar-refractivity contribution is -0.119. The molecule has 144 valence electrons. The number of amides is 1. The van der Waals surface area contributed by atoms with Crippen LogP contribution in [0.4, 0.5) is 5.69 Å². The Labute approximate surface area is 164 Å². The monoisotopic (exact) mass is 385 g/mol. The van der Waals surface area contributed by atoms with Gasteiger partial charge in [0.1, 0.15) is 6.04 Å². The van der Waals surface area contributed by atoms with Crippen molar-refractivity contribution in [3.05, 3.63) is 49.1 Å². The van der Waals surface area contributed by atoms with Gasteiger partial charge in [0.2, 0.25) is 5.91 Å². The van der Waals surface area contributed by atoms with Crippen molar-refractivity contribution in [2.75, 3.05) is 38.0 Å². The number of carbonyl (C=O) groups excluding carboxylic acids is 1. The molecule has 0 fully saturated rings. The van der Waals surface area contributed by atoms with Crippen LogP contribution >= 0.6 is 11.8 Å². The van der Waals surface area contributed by atoms with Crippen molar-refractivity contribution in [2.45, 2.75) is 19.0 Å². The van der Waals surface area contributed by atoms with E-state index < -0.39 is 0 Å². The fourth-order valence-electron chi connectivity index (χ4n) is 3.05. The molecule has 2 aromatic heterocycles. The lowest BCUT2D eigenvalue weighted by Crippen LogP contribution is -2.25. The molecule has 0 unspecified atom stereocenters. The minimum atomic E-state index is -0.208. The maximum Gasteiger partial charge on any atom is 0.247 e. The lowest BCUT2D eigenvalue weighted by atomic mass is 10.2. The highest BCUT2D eigenvalue weighted by Gasteiger charge is 2.19. The van der Waals surface area contributed by atoms with E-state index in [4.69, 9.17) is 0 Å². The average molecular weight is 386 g/mol. The Kier molecular flexibility index (Phi) is 6.58. The summed E-state index contributed by atoms with van der Waals surface area (Å²) in [7, 11) is 4.12. The van der Waals surface area contributed by atoms with Gasteiger partial charge in [-0.25, -0.2) is 4.98 Å². The van der Waals surface area contributed by atoms with E-state index in [0.717, 1.165) is 42.0 Å². The highest BCUT2D eigenvalue weighted by Crippen LogP contribution is 2.21. The largest absolute Gasteiger partial charge is 0.342 e. The van der Waals surface area contributed by atoms with E-state index >= 15 is 0 Å². The van der Waals surface area contributed by atoms with Gasteiger partial charge in [0.15, 0.2) is 0 Å². The van der Waals surface area contributed by atoms with E-state index in [1.807, 2.05) is 53.6 Å². The number of imidazole rings is 1. The zero-order valence-corrected chi connectivity index (χ0v) is 16.9. The second-order valence-electron chi connectivity index (χ2n) is 6.86. The molecular formula is C20H27N5OS. The Morgan fingerprint density at radius 1 is 1.30 bits per heavy atom. The smallest absolute Gasteiger partial charge is 0.247 e. The van der Waals surface area contributed by atoms with Crippen molar-refractivity contribution < 1.29 is 4.79 Å². The fraction of sp³-hybridized carbons (Fsp3) is 0.400. The summed E-state index contributed by atoms with van der Waals surface area (Å²) < 4.78 is 4.11. The van der Waals surface area contributed by atoms with Gasteiger partial charge in [0.25, 0.3) is 0 Å². The number of nitrogens with zero attached hydrogens (tertiary/aromatic N) is 4. The van der Waals surface area contributed by atoms with Gasteiger partial charge in [-0.05, 0) is 62.9 Å². The van der Waals surface area contributed by atoms with E-state index in [-0.39, 0.29) is 11.9 Å². The molecule has 1 aromatic carbocycles. The first-order chi connectivity index (χ1) is 13.1. The van der Waals surface area contributed by atoms with Gasteiger partial charge >= 0.3 is 0 Å². The molecule has 3 rings (SSSR count). The standard InChI is InChI=1S/C20H27N5OS/c1-23(2)11-12-25-15-21-17-14-16(6-7-18(17)25)22-20(26)19(8-13-27-3)24-9-4-5-10-24/h4-7,9-10,14-15,19H,8,11-13H2,1-3H3,(H,22,26)/t19-/m1/s1. The van der Waals surface area contributed by atoms with Gasteiger partial charge < -0.3 is 19.4 Å². The van der Waals surface area contributed by atoms with Crippen LogP contribution in [0.5, 0.6) is 0 Å².